The summed E-state index contributed by atoms with van der Waals surface area (Å²) in [7, 11) is 0. The average molecular weight is 301 g/mol. The molecular weight excluding hydrogens is 295 g/mol. The van der Waals surface area contributed by atoms with Gasteiger partial charge in [-0.2, -0.15) is 5.90 Å². The van der Waals surface area contributed by atoms with Crippen LogP contribution in [0, 0.1) is 0 Å². The molecule has 5 nitrogen and oxygen atoms in total. The van der Waals surface area contributed by atoms with Gasteiger partial charge in [0, 0.05) is 21.1 Å². The molecule has 0 atom stereocenters. The second-order valence-electron chi connectivity index (χ2n) is 0.801. The Bertz CT molecular complexity index is 68.3. The summed E-state index contributed by atoms with van der Waals surface area (Å²) in [5.74, 6) is 8.13. The molecule has 0 radical (unpaired) electrons. The molecular formula is C2H6N2O3Pt. The van der Waals surface area contributed by atoms with Gasteiger partial charge < -0.3 is 4.84 Å². The average Bonchev–Trinajstić information content (AvgIpc) is 1.68. The maximum atomic E-state index is 9.86. The molecule has 4 N–H and O–H groups in total. The Balaban J connectivity index is 0. The number of carbonyl (C=O) groups is 1. The normalized spacial score (nSPS) is 7.25. The molecule has 8 heavy (non-hydrogen) atoms. The van der Waals surface area contributed by atoms with Gasteiger partial charge in [0.1, 0.15) is 0 Å². The Morgan fingerprint density at radius 2 is 2.00 bits per heavy atom. The third-order valence-electron chi connectivity index (χ3n) is 0.333. The van der Waals surface area contributed by atoms with E-state index in [2.05, 4.69) is 21.5 Å². The molecule has 0 aromatic heterocycles. The van der Waals surface area contributed by atoms with Gasteiger partial charge in [-0.15, -0.1) is 0 Å². The van der Waals surface area contributed by atoms with Crippen LogP contribution in [-0.4, -0.2) is 12.6 Å². The first-order chi connectivity index (χ1) is 3.31. The zero-order valence-corrected chi connectivity index (χ0v) is 6.17. The van der Waals surface area contributed by atoms with Gasteiger partial charge in [-0.25, -0.2) is 10.7 Å². The van der Waals surface area contributed by atoms with E-state index in [9.17, 15) is 4.79 Å². The molecule has 0 rings (SSSR count). The van der Waals surface area contributed by atoms with E-state index in [0.717, 1.165) is 0 Å². The van der Waals surface area contributed by atoms with Gasteiger partial charge in [0.2, 0.25) is 0 Å². The smallest absolute Gasteiger partial charge is 0.352 e. The van der Waals surface area contributed by atoms with Crippen molar-refractivity contribution in [2.75, 3.05) is 6.61 Å². The van der Waals surface area contributed by atoms with Crippen LogP contribution >= 0.6 is 0 Å². The third-order valence-corrected chi connectivity index (χ3v) is 0.333. The molecule has 0 bridgehead atoms. The monoisotopic (exact) mass is 301 g/mol. The van der Waals surface area contributed by atoms with Crippen molar-refractivity contribution in [1.29, 1.82) is 0 Å². The first-order valence-corrected chi connectivity index (χ1v) is 1.52. The van der Waals surface area contributed by atoms with Crippen LogP contribution in [0.2, 0.25) is 0 Å². The molecule has 0 aliphatic carbocycles. The minimum atomic E-state index is -0.692. The van der Waals surface area contributed by atoms with Gasteiger partial charge in [0.15, 0.2) is 6.61 Å². The summed E-state index contributed by atoms with van der Waals surface area (Å²) in [4.78, 5) is 17.3. The first-order valence-electron chi connectivity index (χ1n) is 1.52. The summed E-state index contributed by atoms with van der Waals surface area (Å²) in [6, 6.07) is 0. The summed E-state index contributed by atoms with van der Waals surface area (Å²) in [5, 5.41) is 0. The number of rotatable bonds is 2. The second kappa shape index (κ2) is 7.04. The van der Waals surface area contributed by atoms with Crippen LogP contribution < -0.4 is 11.8 Å². The quantitative estimate of drug-likeness (QED) is 0.593. The fourth-order valence-corrected chi connectivity index (χ4v) is 0.102. The molecule has 0 heterocycles. The molecule has 0 unspecified atom stereocenters. The summed E-state index contributed by atoms with van der Waals surface area (Å²) in [5.41, 5.74) is 0. The van der Waals surface area contributed by atoms with Crippen LogP contribution in [0.4, 0.5) is 0 Å². The SMILES string of the molecule is NOCC(=O)ON.[Pt]. The second-order valence-corrected chi connectivity index (χ2v) is 0.801. The minimum Gasteiger partial charge on any atom is -0.372 e. The van der Waals surface area contributed by atoms with E-state index in [0.29, 0.717) is 0 Å². The largest absolute Gasteiger partial charge is 0.372 e. The van der Waals surface area contributed by atoms with E-state index < -0.39 is 5.97 Å². The molecule has 0 aromatic rings. The van der Waals surface area contributed by atoms with Crippen molar-refractivity contribution in [2.24, 2.45) is 11.8 Å². The minimum absolute atomic E-state index is 0. The molecule has 0 aliphatic heterocycles. The van der Waals surface area contributed by atoms with E-state index in [1.807, 2.05) is 0 Å². The van der Waals surface area contributed by atoms with Crippen LogP contribution in [0.1, 0.15) is 0 Å². The Morgan fingerprint density at radius 1 is 1.50 bits per heavy atom. The van der Waals surface area contributed by atoms with Crippen molar-refractivity contribution in [3.05, 3.63) is 0 Å². The summed E-state index contributed by atoms with van der Waals surface area (Å²) in [6.45, 7) is -0.309. The summed E-state index contributed by atoms with van der Waals surface area (Å²) < 4.78 is 0. The van der Waals surface area contributed by atoms with Crippen molar-refractivity contribution in [1.82, 2.24) is 0 Å². The van der Waals surface area contributed by atoms with E-state index >= 15 is 0 Å². The first kappa shape index (κ1) is 10.9. The maximum Gasteiger partial charge on any atom is 0.352 e. The number of nitrogens with two attached hydrogens (primary N) is 2. The zero-order chi connectivity index (χ0) is 5.70. The fraction of sp³-hybridized carbons (Fsp3) is 0.500. The molecule has 0 spiro atoms. The predicted molar refractivity (Wildman–Crippen MR) is 20.4 cm³/mol. The van der Waals surface area contributed by atoms with Crippen molar-refractivity contribution in [2.45, 2.75) is 0 Å². The summed E-state index contributed by atoms with van der Waals surface area (Å²) in [6.07, 6.45) is 0. The maximum absolute atomic E-state index is 9.86. The Morgan fingerprint density at radius 3 is 2.12 bits per heavy atom. The Labute approximate surface area is 60.5 Å². The Kier molecular flexibility index (Phi) is 9.61. The van der Waals surface area contributed by atoms with Crippen LogP contribution in [0.15, 0.2) is 0 Å². The number of hydrogen-bond acceptors (Lipinski definition) is 5. The van der Waals surface area contributed by atoms with Gasteiger partial charge in [0.05, 0.1) is 0 Å². The molecule has 0 aliphatic rings. The van der Waals surface area contributed by atoms with Crippen molar-refractivity contribution < 1.29 is 35.5 Å². The van der Waals surface area contributed by atoms with Gasteiger partial charge in [0.25, 0.3) is 0 Å². The van der Waals surface area contributed by atoms with Gasteiger partial charge in [-0.05, 0) is 0 Å². The molecule has 0 fully saturated rings. The molecule has 0 saturated carbocycles. The van der Waals surface area contributed by atoms with Gasteiger partial charge in [-0.1, -0.05) is 0 Å². The van der Waals surface area contributed by atoms with E-state index in [1.54, 1.807) is 0 Å². The van der Waals surface area contributed by atoms with Crippen LogP contribution in [0.3, 0.4) is 0 Å². The molecule has 52 valence electrons. The van der Waals surface area contributed by atoms with E-state index in [1.165, 1.54) is 0 Å². The molecule has 6 heteroatoms. The third kappa shape index (κ3) is 6.04. The zero-order valence-electron chi connectivity index (χ0n) is 3.90. The van der Waals surface area contributed by atoms with Crippen molar-refractivity contribution >= 4 is 5.97 Å². The molecule has 0 amide bonds. The predicted octanol–water partition coefficient (Wildman–Crippen LogP) is -1.71. The molecule has 0 aromatic carbocycles. The van der Waals surface area contributed by atoms with E-state index in [4.69, 9.17) is 0 Å². The van der Waals surface area contributed by atoms with Crippen LogP contribution in [0.25, 0.3) is 0 Å². The standard InChI is InChI=1S/C2H6N2O3.Pt/c3-6-1-2(5)7-4;/h1,3-4H2;. The van der Waals surface area contributed by atoms with Crippen LogP contribution in [-0.2, 0) is 35.5 Å². The van der Waals surface area contributed by atoms with Crippen molar-refractivity contribution in [3.8, 4) is 0 Å². The Hall–Kier alpha value is 0.0383. The van der Waals surface area contributed by atoms with Crippen LogP contribution in [0.5, 0.6) is 0 Å². The van der Waals surface area contributed by atoms with Crippen molar-refractivity contribution in [3.63, 3.8) is 0 Å². The fourth-order valence-electron chi connectivity index (χ4n) is 0.102. The summed E-state index contributed by atoms with van der Waals surface area (Å²) >= 11 is 0. The topological polar surface area (TPSA) is 87.6 Å². The van der Waals surface area contributed by atoms with Gasteiger partial charge >= 0.3 is 5.97 Å². The number of hydrogen-bond donors (Lipinski definition) is 2. The van der Waals surface area contributed by atoms with E-state index in [-0.39, 0.29) is 27.7 Å². The number of carbonyl (C=O) groups excluding carboxylic acids is 1. The van der Waals surface area contributed by atoms with Gasteiger partial charge in [-0.3, -0.25) is 4.84 Å². The molecule has 0 saturated heterocycles.